The fourth-order valence-corrected chi connectivity index (χ4v) is 5.02. The zero-order chi connectivity index (χ0) is 27.2. The Bertz CT molecular complexity index is 1230. The van der Waals surface area contributed by atoms with Gasteiger partial charge < -0.3 is 24.4 Å². The predicted octanol–water partition coefficient (Wildman–Crippen LogP) is 4.63. The van der Waals surface area contributed by atoms with E-state index in [0.717, 1.165) is 68.9 Å². The molecule has 0 spiro atoms. The van der Waals surface area contributed by atoms with E-state index in [0.29, 0.717) is 18.3 Å². The number of nitrogens with one attached hydrogen (secondary N) is 1. The summed E-state index contributed by atoms with van der Waals surface area (Å²) in [5, 5.41) is 7.57. The minimum atomic E-state index is -0.491. The van der Waals surface area contributed by atoms with Gasteiger partial charge in [0.25, 0.3) is 0 Å². The second-order valence-corrected chi connectivity index (χ2v) is 11.2. The van der Waals surface area contributed by atoms with E-state index in [4.69, 9.17) is 14.2 Å². The number of nitrogens with zero attached hydrogens (tertiary/aromatic N) is 5. The Morgan fingerprint density at radius 1 is 1.05 bits per heavy atom. The third-order valence-electron chi connectivity index (χ3n) is 7.07. The van der Waals surface area contributed by atoms with Crippen molar-refractivity contribution in [3.05, 3.63) is 49.2 Å². The van der Waals surface area contributed by atoms with Gasteiger partial charge in [-0.25, -0.2) is 19.4 Å². The monoisotopic (exact) mass is 534 g/mol. The maximum absolute atomic E-state index is 12.1. The van der Waals surface area contributed by atoms with Gasteiger partial charge in [0.1, 0.15) is 17.6 Å². The number of aromatic nitrogens is 4. The molecule has 10 nitrogen and oxygen atoms in total. The average molecular weight is 535 g/mol. The largest absolute Gasteiger partial charge is 0.489 e. The lowest BCUT2D eigenvalue weighted by atomic mass is 9.86. The first kappa shape index (κ1) is 26.9. The van der Waals surface area contributed by atoms with Crippen LogP contribution < -0.4 is 15.0 Å². The second kappa shape index (κ2) is 12.0. The molecule has 5 rings (SSSR count). The molecular formula is C29H38N6O4. The third kappa shape index (κ3) is 7.26. The van der Waals surface area contributed by atoms with Gasteiger partial charge in [-0.15, -0.1) is 0 Å². The maximum atomic E-state index is 12.1. The van der Waals surface area contributed by atoms with Gasteiger partial charge in [-0.1, -0.05) is 0 Å². The zero-order valence-electron chi connectivity index (χ0n) is 23.0. The highest BCUT2D eigenvalue weighted by Gasteiger charge is 2.25. The van der Waals surface area contributed by atoms with Crippen molar-refractivity contribution in [3.63, 3.8) is 0 Å². The molecule has 0 atom stereocenters. The Morgan fingerprint density at radius 2 is 1.77 bits per heavy atom. The van der Waals surface area contributed by atoms with Crippen molar-refractivity contribution in [2.45, 2.75) is 58.1 Å². The normalized spacial score (nSPS) is 19.9. The van der Waals surface area contributed by atoms with Crippen molar-refractivity contribution in [2.75, 3.05) is 37.8 Å². The third-order valence-corrected chi connectivity index (χ3v) is 7.07. The van der Waals surface area contributed by atoms with Crippen LogP contribution in [-0.4, -0.2) is 70.4 Å². The molecule has 3 heterocycles. The number of alkyl carbamates (subject to hydrolysis) is 1. The van der Waals surface area contributed by atoms with E-state index in [1.165, 1.54) is 12.0 Å². The van der Waals surface area contributed by atoms with Crippen LogP contribution in [0.4, 0.5) is 10.5 Å². The van der Waals surface area contributed by atoms with Crippen LogP contribution in [0.1, 0.15) is 46.5 Å². The number of anilines is 1. The van der Waals surface area contributed by atoms with Crippen LogP contribution in [0.3, 0.4) is 0 Å². The summed E-state index contributed by atoms with van der Waals surface area (Å²) in [5.41, 5.74) is 3.27. The molecular weight excluding hydrogens is 496 g/mol. The molecule has 10 heteroatoms. The first-order valence-corrected chi connectivity index (χ1v) is 13.7. The van der Waals surface area contributed by atoms with Crippen LogP contribution in [0.5, 0.6) is 5.75 Å². The van der Waals surface area contributed by atoms with Gasteiger partial charge >= 0.3 is 6.09 Å². The Kier molecular flexibility index (Phi) is 8.30. The molecule has 0 unspecified atom stereocenters. The lowest BCUT2D eigenvalue weighted by molar-refractivity contribution is 0.0483. The van der Waals surface area contributed by atoms with Crippen molar-refractivity contribution in [1.29, 1.82) is 0 Å². The van der Waals surface area contributed by atoms with Crippen molar-refractivity contribution in [1.82, 2.24) is 25.1 Å². The molecule has 0 bridgehead atoms. The van der Waals surface area contributed by atoms with Crippen LogP contribution in [0.2, 0.25) is 0 Å². The number of rotatable bonds is 7. The molecule has 1 amide bonds. The smallest absolute Gasteiger partial charge is 0.407 e. The van der Waals surface area contributed by atoms with Crippen molar-refractivity contribution < 1.29 is 19.0 Å². The maximum Gasteiger partial charge on any atom is 0.407 e. The molecule has 1 aliphatic carbocycles. The highest BCUT2D eigenvalue weighted by Crippen LogP contribution is 2.30. The Hall–Kier alpha value is -3.66. The van der Waals surface area contributed by atoms with Crippen LogP contribution in [-0.2, 0) is 9.47 Å². The van der Waals surface area contributed by atoms with Gasteiger partial charge in [0.05, 0.1) is 37.9 Å². The number of ether oxygens (including phenoxy) is 3. The van der Waals surface area contributed by atoms with Crippen LogP contribution in [0, 0.1) is 5.92 Å². The molecule has 1 N–H and O–H groups in total. The summed E-state index contributed by atoms with van der Waals surface area (Å²) in [6, 6.07) is 8.54. The molecule has 39 heavy (non-hydrogen) atoms. The van der Waals surface area contributed by atoms with Crippen molar-refractivity contribution >= 4 is 11.8 Å². The minimum Gasteiger partial charge on any atom is -0.489 e. The van der Waals surface area contributed by atoms with Gasteiger partial charge in [-0.2, -0.15) is 5.10 Å². The number of carbonyl (C=O) groups excluding carboxylic acids is 1. The highest BCUT2D eigenvalue weighted by molar-refractivity contribution is 5.68. The molecule has 2 aromatic heterocycles. The number of hydrogen-bond donors (Lipinski definition) is 1. The summed E-state index contributed by atoms with van der Waals surface area (Å²) >= 11 is 0. The lowest BCUT2D eigenvalue weighted by Gasteiger charge is -2.30. The summed E-state index contributed by atoms with van der Waals surface area (Å²) in [5.74, 6) is 1.05. The zero-order valence-corrected chi connectivity index (χ0v) is 23.0. The van der Waals surface area contributed by atoms with Crippen molar-refractivity contribution in [3.8, 4) is 22.7 Å². The van der Waals surface area contributed by atoms with Gasteiger partial charge in [-0.05, 0) is 76.6 Å². The van der Waals surface area contributed by atoms with Gasteiger partial charge in [-0.3, -0.25) is 0 Å². The van der Waals surface area contributed by atoms with E-state index >= 15 is 0 Å². The highest BCUT2D eigenvalue weighted by atomic mass is 16.6. The average Bonchev–Trinajstić information content (AvgIpc) is 3.43. The van der Waals surface area contributed by atoms with Crippen LogP contribution in [0.25, 0.3) is 16.9 Å². The minimum absolute atomic E-state index is 0.139. The van der Waals surface area contributed by atoms with E-state index in [-0.39, 0.29) is 12.1 Å². The molecule has 1 saturated heterocycles. The van der Waals surface area contributed by atoms with Crippen molar-refractivity contribution in [2.24, 2.45) is 5.92 Å². The summed E-state index contributed by atoms with van der Waals surface area (Å²) in [6.45, 7) is 9.54. The van der Waals surface area contributed by atoms with E-state index in [9.17, 15) is 4.79 Å². The quantitative estimate of drug-likeness (QED) is 0.468. The first-order chi connectivity index (χ1) is 18.8. The fraction of sp³-hybridized carbons (Fsp3) is 0.517. The molecule has 1 aromatic carbocycles. The Morgan fingerprint density at radius 3 is 2.49 bits per heavy atom. The second-order valence-electron chi connectivity index (χ2n) is 11.2. The van der Waals surface area contributed by atoms with Gasteiger partial charge in [0.2, 0.25) is 0 Å². The van der Waals surface area contributed by atoms with E-state index in [1.54, 1.807) is 12.4 Å². The van der Waals surface area contributed by atoms with Crippen LogP contribution >= 0.6 is 0 Å². The topological polar surface area (TPSA) is 104 Å². The summed E-state index contributed by atoms with van der Waals surface area (Å²) in [6.07, 6.45) is 10.4. The number of benzene rings is 1. The summed E-state index contributed by atoms with van der Waals surface area (Å²) < 4.78 is 18.9. The first-order valence-electron chi connectivity index (χ1n) is 13.7. The van der Waals surface area contributed by atoms with Crippen LogP contribution in [0.15, 0.2) is 49.2 Å². The molecule has 1 saturated carbocycles. The molecule has 1 aliphatic heterocycles. The predicted molar refractivity (Wildman–Crippen MR) is 148 cm³/mol. The summed E-state index contributed by atoms with van der Waals surface area (Å²) in [4.78, 5) is 23.1. The number of morpholine rings is 1. The van der Waals surface area contributed by atoms with Gasteiger partial charge in [0.15, 0.2) is 5.75 Å². The molecule has 0 radical (unpaired) electrons. The molecule has 2 aliphatic rings. The number of hydrogen-bond acceptors (Lipinski definition) is 8. The molecule has 208 valence electrons. The molecule has 3 aromatic rings. The number of carbonyl (C=O) groups is 1. The Balaban J connectivity index is 1.16. The SMILES string of the molecule is CC(C)(C)OC(=O)NC1CCC(COc2cncnc2-c2cnn(-c3ccc(N4CCOCC4)cc3)c2)CC1. The van der Waals surface area contributed by atoms with E-state index < -0.39 is 5.60 Å². The van der Waals surface area contributed by atoms with E-state index in [2.05, 4.69) is 49.5 Å². The van der Waals surface area contributed by atoms with Gasteiger partial charge in [0, 0.05) is 36.6 Å². The standard InChI is InChI=1S/C29H38N6O4/c1-29(2,3)39-28(36)33-23-6-4-21(5-7-23)19-38-26-17-30-20-31-27(26)22-16-32-35(18-22)25-10-8-24(9-11-25)34-12-14-37-15-13-34/h8-11,16-18,20-21,23H,4-7,12-15,19H2,1-3H3,(H,33,36). The van der Waals surface area contributed by atoms with E-state index in [1.807, 2.05) is 31.6 Å². The Labute approximate surface area is 229 Å². The fourth-order valence-electron chi connectivity index (χ4n) is 5.02. The lowest BCUT2D eigenvalue weighted by Crippen LogP contribution is -2.41. The number of amides is 1. The molecule has 2 fully saturated rings. The summed E-state index contributed by atoms with van der Waals surface area (Å²) in [7, 11) is 0.